The molecule has 76 valence electrons. The van der Waals surface area contributed by atoms with Crippen LogP contribution in [0.25, 0.3) is 0 Å². The van der Waals surface area contributed by atoms with Crippen molar-refractivity contribution in [3.05, 3.63) is 0 Å². The molecule has 3 unspecified atom stereocenters. The van der Waals surface area contributed by atoms with Gasteiger partial charge in [-0.3, -0.25) is 4.79 Å². The first-order valence-corrected chi connectivity index (χ1v) is 4.17. The number of carboxylic acids is 1. The summed E-state index contributed by atoms with van der Waals surface area (Å²) in [6, 6.07) is 0. The fraction of sp³-hybridized carbons (Fsp3) is 0.875. The van der Waals surface area contributed by atoms with E-state index in [1.54, 1.807) is 6.92 Å². The Balaban J connectivity index is 2.60. The van der Waals surface area contributed by atoms with Crippen LogP contribution in [-0.2, 0) is 14.3 Å². The van der Waals surface area contributed by atoms with Crippen LogP contribution in [0.1, 0.15) is 26.7 Å². The lowest BCUT2D eigenvalue weighted by molar-refractivity contribution is -0.346. The molecule has 0 bridgehead atoms. The predicted molar refractivity (Wildman–Crippen MR) is 42.9 cm³/mol. The third kappa shape index (κ3) is 2.95. The minimum absolute atomic E-state index is 0.187. The largest absolute Gasteiger partial charge is 0.481 e. The highest BCUT2D eigenvalue weighted by Crippen LogP contribution is 2.28. The van der Waals surface area contributed by atoms with E-state index in [2.05, 4.69) is 0 Å². The Hall–Kier alpha value is -0.650. The molecule has 1 rings (SSSR count). The second-order valence-corrected chi connectivity index (χ2v) is 3.44. The van der Waals surface area contributed by atoms with E-state index in [-0.39, 0.29) is 12.5 Å². The summed E-state index contributed by atoms with van der Waals surface area (Å²) in [5.41, 5.74) is 0. The third-order valence-electron chi connectivity index (χ3n) is 1.84. The Morgan fingerprint density at radius 2 is 2.23 bits per heavy atom. The summed E-state index contributed by atoms with van der Waals surface area (Å²) in [7, 11) is 0. The number of carbonyl (C=O) groups is 1. The van der Waals surface area contributed by atoms with Crippen molar-refractivity contribution in [2.45, 2.75) is 44.9 Å². The van der Waals surface area contributed by atoms with Gasteiger partial charge in [0, 0.05) is 6.42 Å². The fourth-order valence-electron chi connectivity index (χ4n) is 1.48. The zero-order chi connectivity index (χ0) is 10.1. The maximum atomic E-state index is 10.4. The summed E-state index contributed by atoms with van der Waals surface area (Å²) in [5.74, 6) is -2.22. The molecular formula is C8H14O5. The third-order valence-corrected chi connectivity index (χ3v) is 1.84. The first-order chi connectivity index (χ1) is 5.91. The Morgan fingerprint density at radius 3 is 2.69 bits per heavy atom. The summed E-state index contributed by atoms with van der Waals surface area (Å²) in [6.07, 6.45) is -1.02. The van der Waals surface area contributed by atoms with E-state index in [4.69, 9.17) is 14.6 Å². The predicted octanol–water partition coefficient (Wildman–Crippen LogP) is 0.321. The minimum Gasteiger partial charge on any atom is -0.481 e. The Kier molecular flexibility index (Phi) is 2.90. The molecule has 1 saturated heterocycles. The van der Waals surface area contributed by atoms with Gasteiger partial charge in [-0.05, 0) is 13.8 Å². The second-order valence-electron chi connectivity index (χ2n) is 3.44. The van der Waals surface area contributed by atoms with Gasteiger partial charge >= 0.3 is 5.97 Å². The number of aliphatic hydroxyl groups excluding tert-OH is 1. The molecule has 0 amide bonds. The Morgan fingerprint density at radius 1 is 1.62 bits per heavy atom. The molecule has 0 aromatic carbocycles. The van der Waals surface area contributed by atoms with Crippen LogP contribution in [0.3, 0.4) is 0 Å². The highest BCUT2D eigenvalue weighted by Gasteiger charge is 2.38. The van der Waals surface area contributed by atoms with Gasteiger partial charge in [-0.15, -0.1) is 0 Å². The van der Waals surface area contributed by atoms with Gasteiger partial charge in [0.25, 0.3) is 0 Å². The van der Waals surface area contributed by atoms with Crippen LogP contribution >= 0.6 is 0 Å². The van der Waals surface area contributed by atoms with E-state index < -0.39 is 18.0 Å². The van der Waals surface area contributed by atoms with E-state index in [0.29, 0.717) is 6.42 Å². The molecule has 1 aliphatic heterocycles. The smallest absolute Gasteiger partial charge is 0.308 e. The van der Waals surface area contributed by atoms with Gasteiger partial charge in [-0.1, -0.05) is 0 Å². The number of aliphatic hydroxyl groups is 1. The quantitative estimate of drug-likeness (QED) is 0.655. The average Bonchev–Trinajstić information content (AvgIpc) is 1.77. The number of aliphatic carboxylic acids is 1. The molecule has 0 spiro atoms. The summed E-state index contributed by atoms with van der Waals surface area (Å²) in [4.78, 5) is 10.4. The lowest BCUT2D eigenvalue weighted by Crippen LogP contribution is -2.46. The van der Waals surface area contributed by atoms with Crippen molar-refractivity contribution in [2.75, 3.05) is 0 Å². The van der Waals surface area contributed by atoms with Crippen LogP contribution in [0, 0.1) is 0 Å². The number of hydrogen-bond acceptors (Lipinski definition) is 4. The van der Waals surface area contributed by atoms with Crippen molar-refractivity contribution in [1.29, 1.82) is 0 Å². The van der Waals surface area contributed by atoms with Crippen LogP contribution in [-0.4, -0.2) is 34.4 Å². The molecule has 1 heterocycles. The molecular weight excluding hydrogens is 176 g/mol. The van der Waals surface area contributed by atoms with E-state index in [1.165, 1.54) is 6.92 Å². The average molecular weight is 190 g/mol. The molecule has 1 aliphatic rings. The van der Waals surface area contributed by atoms with E-state index in [1.807, 2.05) is 0 Å². The van der Waals surface area contributed by atoms with Crippen molar-refractivity contribution in [2.24, 2.45) is 0 Å². The van der Waals surface area contributed by atoms with Crippen molar-refractivity contribution in [1.82, 2.24) is 0 Å². The van der Waals surface area contributed by atoms with Gasteiger partial charge in [0.1, 0.15) is 0 Å². The topological polar surface area (TPSA) is 76.0 Å². The fourth-order valence-corrected chi connectivity index (χ4v) is 1.48. The lowest BCUT2D eigenvalue weighted by atomic mass is 10.1. The molecule has 5 heteroatoms. The zero-order valence-corrected chi connectivity index (χ0v) is 7.69. The van der Waals surface area contributed by atoms with E-state index >= 15 is 0 Å². The van der Waals surface area contributed by atoms with Crippen LogP contribution in [0.2, 0.25) is 0 Å². The molecule has 0 saturated carbocycles. The number of rotatable bonds is 2. The van der Waals surface area contributed by atoms with Crippen LogP contribution in [0.5, 0.6) is 0 Å². The highest BCUT2D eigenvalue weighted by atomic mass is 16.8. The minimum atomic E-state index is -1.21. The molecule has 0 aliphatic carbocycles. The van der Waals surface area contributed by atoms with E-state index in [0.717, 1.165) is 0 Å². The van der Waals surface area contributed by atoms with Crippen LogP contribution < -0.4 is 0 Å². The molecule has 0 aromatic heterocycles. The molecule has 13 heavy (non-hydrogen) atoms. The van der Waals surface area contributed by atoms with Gasteiger partial charge in [0.2, 0.25) is 0 Å². The maximum Gasteiger partial charge on any atom is 0.308 e. The zero-order valence-electron chi connectivity index (χ0n) is 7.69. The van der Waals surface area contributed by atoms with Gasteiger partial charge in [0.15, 0.2) is 12.1 Å². The van der Waals surface area contributed by atoms with Gasteiger partial charge < -0.3 is 19.7 Å². The van der Waals surface area contributed by atoms with Gasteiger partial charge in [-0.2, -0.15) is 0 Å². The Bertz CT molecular complexity index is 193. The molecule has 0 aromatic rings. The Labute approximate surface area is 76.3 Å². The first kappa shape index (κ1) is 10.4. The standard InChI is InChI=1S/C8H14O5/c1-5-3-7(11)13-8(2,12-5)4-6(9)10/h5,7,11H,3-4H2,1-2H3,(H,9,10). The first-order valence-electron chi connectivity index (χ1n) is 4.17. The van der Waals surface area contributed by atoms with Crippen LogP contribution in [0.15, 0.2) is 0 Å². The second kappa shape index (κ2) is 3.61. The highest BCUT2D eigenvalue weighted by molar-refractivity contribution is 5.67. The van der Waals surface area contributed by atoms with Crippen molar-refractivity contribution < 1.29 is 24.5 Å². The summed E-state index contributed by atoms with van der Waals surface area (Å²) in [5, 5.41) is 17.8. The van der Waals surface area contributed by atoms with Crippen molar-refractivity contribution in [3.63, 3.8) is 0 Å². The maximum absolute atomic E-state index is 10.4. The SMILES string of the molecule is CC1CC(O)OC(C)(CC(=O)O)O1. The normalized spacial score (nSPS) is 40.2. The molecule has 1 fully saturated rings. The summed E-state index contributed by atoms with van der Waals surface area (Å²) < 4.78 is 10.3. The van der Waals surface area contributed by atoms with E-state index in [9.17, 15) is 9.90 Å². The molecule has 0 radical (unpaired) electrons. The molecule has 2 N–H and O–H groups in total. The lowest BCUT2D eigenvalue weighted by Gasteiger charge is -2.38. The number of hydrogen-bond donors (Lipinski definition) is 2. The molecule has 5 nitrogen and oxygen atoms in total. The van der Waals surface area contributed by atoms with Crippen molar-refractivity contribution in [3.8, 4) is 0 Å². The number of ether oxygens (including phenoxy) is 2. The van der Waals surface area contributed by atoms with Gasteiger partial charge in [0.05, 0.1) is 12.5 Å². The monoisotopic (exact) mass is 190 g/mol. The van der Waals surface area contributed by atoms with Gasteiger partial charge in [-0.25, -0.2) is 0 Å². The molecule has 3 atom stereocenters. The van der Waals surface area contributed by atoms with Crippen molar-refractivity contribution >= 4 is 5.97 Å². The van der Waals surface area contributed by atoms with Crippen LogP contribution in [0.4, 0.5) is 0 Å². The summed E-state index contributed by atoms with van der Waals surface area (Å²) in [6.45, 7) is 3.28. The number of carboxylic acid groups (broad SMARTS) is 1. The summed E-state index contributed by atoms with van der Waals surface area (Å²) >= 11 is 0.